The molecule has 0 aromatic heterocycles. The van der Waals surface area contributed by atoms with E-state index in [4.69, 9.17) is 16.3 Å². The first-order valence-corrected chi connectivity index (χ1v) is 6.30. The van der Waals surface area contributed by atoms with Crippen LogP contribution in [0.25, 0.3) is 0 Å². The predicted octanol–water partition coefficient (Wildman–Crippen LogP) is 2.95. The van der Waals surface area contributed by atoms with Gasteiger partial charge in [0, 0.05) is 23.0 Å². The van der Waals surface area contributed by atoms with Gasteiger partial charge in [0.05, 0.1) is 6.61 Å². The van der Waals surface area contributed by atoms with Crippen molar-refractivity contribution in [1.29, 1.82) is 0 Å². The number of benzene rings is 1. The minimum Gasteiger partial charge on any atom is -0.493 e. The third-order valence-corrected chi connectivity index (χ3v) is 3.73. The monoisotopic (exact) mass is 237 g/mol. The fourth-order valence-corrected chi connectivity index (χ4v) is 2.85. The number of hydrogen-bond donors (Lipinski definition) is 1. The van der Waals surface area contributed by atoms with E-state index in [1.165, 1.54) is 24.0 Å². The van der Waals surface area contributed by atoms with E-state index < -0.39 is 0 Å². The molecule has 1 aliphatic carbocycles. The lowest BCUT2D eigenvalue weighted by Gasteiger charge is -2.19. The Kier molecular flexibility index (Phi) is 2.56. The van der Waals surface area contributed by atoms with Gasteiger partial charge in [0.25, 0.3) is 0 Å². The molecular formula is C13H16ClNO. The zero-order valence-electron chi connectivity index (χ0n) is 9.42. The van der Waals surface area contributed by atoms with Crippen LogP contribution in [0.1, 0.15) is 30.0 Å². The molecule has 0 bridgehead atoms. The molecule has 2 aliphatic rings. The van der Waals surface area contributed by atoms with Crippen LogP contribution in [0.2, 0.25) is 5.02 Å². The smallest absolute Gasteiger partial charge is 0.127 e. The molecule has 1 aromatic carbocycles. The number of ether oxygens (including phenoxy) is 1. The molecule has 0 spiro atoms. The number of hydrogen-bond acceptors (Lipinski definition) is 2. The summed E-state index contributed by atoms with van der Waals surface area (Å²) >= 11 is 6.17. The van der Waals surface area contributed by atoms with Crippen LogP contribution < -0.4 is 10.1 Å². The Labute approximate surface area is 101 Å². The molecule has 16 heavy (non-hydrogen) atoms. The molecule has 0 amide bonds. The molecule has 86 valence electrons. The van der Waals surface area contributed by atoms with Gasteiger partial charge in [0.2, 0.25) is 0 Å². The van der Waals surface area contributed by atoms with Crippen molar-refractivity contribution in [3.8, 4) is 5.75 Å². The maximum atomic E-state index is 6.17. The van der Waals surface area contributed by atoms with E-state index in [0.717, 1.165) is 29.7 Å². The Morgan fingerprint density at radius 1 is 1.44 bits per heavy atom. The lowest BCUT2D eigenvalue weighted by Crippen LogP contribution is -2.19. The average molecular weight is 238 g/mol. The van der Waals surface area contributed by atoms with E-state index in [9.17, 15) is 0 Å². The normalized spacial score (nSPS) is 20.4. The molecule has 3 heteroatoms. The fraction of sp³-hybridized carbons (Fsp3) is 0.538. The average Bonchev–Trinajstić information content (AvgIpc) is 2.97. The number of halogens is 1. The van der Waals surface area contributed by atoms with E-state index in [0.29, 0.717) is 6.04 Å². The lowest BCUT2D eigenvalue weighted by atomic mass is 9.98. The van der Waals surface area contributed by atoms with Gasteiger partial charge in [-0.25, -0.2) is 0 Å². The molecule has 1 atom stereocenters. The highest BCUT2D eigenvalue weighted by molar-refractivity contribution is 6.30. The summed E-state index contributed by atoms with van der Waals surface area (Å²) in [5.41, 5.74) is 2.52. The van der Waals surface area contributed by atoms with Gasteiger partial charge >= 0.3 is 0 Å². The predicted molar refractivity (Wildman–Crippen MR) is 65.2 cm³/mol. The first-order chi connectivity index (χ1) is 7.79. The summed E-state index contributed by atoms with van der Waals surface area (Å²) in [6, 6.07) is 4.50. The highest BCUT2D eigenvalue weighted by Crippen LogP contribution is 2.46. The van der Waals surface area contributed by atoms with E-state index in [2.05, 4.69) is 11.4 Å². The maximum Gasteiger partial charge on any atom is 0.127 e. The van der Waals surface area contributed by atoms with Gasteiger partial charge in [-0.2, -0.15) is 0 Å². The van der Waals surface area contributed by atoms with Crippen molar-refractivity contribution in [2.75, 3.05) is 13.7 Å². The van der Waals surface area contributed by atoms with Crippen molar-refractivity contribution in [3.63, 3.8) is 0 Å². The topological polar surface area (TPSA) is 21.3 Å². The van der Waals surface area contributed by atoms with Gasteiger partial charge in [-0.1, -0.05) is 11.6 Å². The molecular weight excluding hydrogens is 222 g/mol. The van der Waals surface area contributed by atoms with Crippen LogP contribution in [-0.4, -0.2) is 13.7 Å². The van der Waals surface area contributed by atoms with Crippen LogP contribution >= 0.6 is 11.6 Å². The first kappa shape index (κ1) is 10.4. The van der Waals surface area contributed by atoms with Crippen LogP contribution in [0.4, 0.5) is 0 Å². The molecule has 1 aliphatic heterocycles. The van der Waals surface area contributed by atoms with E-state index in [1.54, 1.807) is 0 Å². The zero-order chi connectivity index (χ0) is 11.1. The minimum atomic E-state index is 0.408. The Morgan fingerprint density at radius 3 is 2.94 bits per heavy atom. The quantitative estimate of drug-likeness (QED) is 0.873. The Balaban J connectivity index is 2.04. The van der Waals surface area contributed by atoms with Crippen molar-refractivity contribution in [2.24, 2.45) is 5.92 Å². The van der Waals surface area contributed by atoms with Crippen LogP contribution in [-0.2, 0) is 6.42 Å². The van der Waals surface area contributed by atoms with Crippen molar-refractivity contribution >= 4 is 11.6 Å². The molecule has 1 saturated carbocycles. The second kappa shape index (κ2) is 3.94. The fourth-order valence-electron chi connectivity index (χ4n) is 2.60. The molecule has 3 rings (SSSR count). The molecule has 1 unspecified atom stereocenters. The second-order valence-electron chi connectivity index (χ2n) is 4.69. The third kappa shape index (κ3) is 1.70. The summed E-state index contributed by atoms with van der Waals surface area (Å²) in [6.07, 6.45) is 3.61. The highest BCUT2D eigenvalue weighted by atomic mass is 35.5. The minimum absolute atomic E-state index is 0.408. The van der Waals surface area contributed by atoms with Crippen molar-refractivity contribution in [1.82, 2.24) is 5.32 Å². The standard InChI is InChI=1S/C13H16ClNO/c1-15-12(8-2-3-8)11-7-10(14)6-9-4-5-16-13(9)11/h6-8,12,15H,2-5H2,1H3. The number of fused-ring (bicyclic) bond motifs is 1. The highest BCUT2D eigenvalue weighted by Gasteiger charge is 2.34. The van der Waals surface area contributed by atoms with Crippen LogP contribution in [0.5, 0.6) is 5.75 Å². The zero-order valence-corrected chi connectivity index (χ0v) is 10.2. The van der Waals surface area contributed by atoms with Gasteiger partial charge in [-0.05, 0) is 43.5 Å². The van der Waals surface area contributed by atoms with Crippen LogP contribution in [0, 0.1) is 5.92 Å². The van der Waals surface area contributed by atoms with Crippen molar-refractivity contribution in [3.05, 3.63) is 28.3 Å². The Hall–Kier alpha value is -0.730. The summed E-state index contributed by atoms with van der Waals surface area (Å²) in [5, 5.41) is 4.23. The van der Waals surface area contributed by atoms with Gasteiger partial charge in [-0.15, -0.1) is 0 Å². The summed E-state index contributed by atoms with van der Waals surface area (Å²) in [7, 11) is 2.02. The SMILES string of the molecule is CNC(c1cc(Cl)cc2c1OCC2)C1CC1. The number of rotatable bonds is 3. The van der Waals surface area contributed by atoms with Gasteiger partial charge in [0.1, 0.15) is 5.75 Å². The van der Waals surface area contributed by atoms with Crippen molar-refractivity contribution < 1.29 is 4.74 Å². The molecule has 1 aromatic rings. The molecule has 0 radical (unpaired) electrons. The summed E-state index contributed by atoms with van der Waals surface area (Å²) < 4.78 is 5.75. The van der Waals surface area contributed by atoms with Gasteiger partial charge in [0.15, 0.2) is 0 Å². The first-order valence-electron chi connectivity index (χ1n) is 5.92. The molecule has 0 saturated heterocycles. The van der Waals surface area contributed by atoms with Gasteiger partial charge in [-0.3, -0.25) is 0 Å². The molecule has 1 heterocycles. The molecule has 1 N–H and O–H groups in total. The van der Waals surface area contributed by atoms with Crippen LogP contribution in [0.15, 0.2) is 12.1 Å². The van der Waals surface area contributed by atoms with E-state index in [1.807, 2.05) is 13.1 Å². The summed E-state index contributed by atoms with van der Waals surface area (Å²) in [6.45, 7) is 0.795. The summed E-state index contributed by atoms with van der Waals surface area (Å²) in [5.74, 6) is 1.84. The molecule has 2 nitrogen and oxygen atoms in total. The van der Waals surface area contributed by atoms with Crippen LogP contribution in [0.3, 0.4) is 0 Å². The second-order valence-corrected chi connectivity index (χ2v) is 5.12. The maximum absolute atomic E-state index is 6.17. The summed E-state index contributed by atoms with van der Waals surface area (Å²) in [4.78, 5) is 0. The lowest BCUT2D eigenvalue weighted by molar-refractivity contribution is 0.347. The largest absolute Gasteiger partial charge is 0.493 e. The number of nitrogens with one attached hydrogen (secondary N) is 1. The Morgan fingerprint density at radius 2 is 2.25 bits per heavy atom. The third-order valence-electron chi connectivity index (χ3n) is 3.52. The Bertz CT molecular complexity index is 415. The van der Waals surface area contributed by atoms with Crippen molar-refractivity contribution in [2.45, 2.75) is 25.3 Å². The van der Waals surface area contributed by atoms with E-state index in [-0.39, 0.29) is 0 Å². The molecule has 1 fully saturated rings. The van der Waals surface area contributed by atoms with E-state index >= 15 is 0 Å². The van der Waals surface area contributed by atoms with Gasteiger partial charge < -0.3 is 10.1 Å².